The molecule has 2 aromatic carbocycles. The molecule has 2 N–H and O–H groups in total. The van der Waals surface area contributed by atoms with Crippen LogP contribution in [0.25, 0.3) is 0 Å². The van der Waals surface area contributed by atoms with Crippen molar-refractivity contribution in [2.45, 2.75) is 12.4 Å². The molecule has 158 valence electrons. The maximum Gasteiger partial charge on any atom is 0.573 e. The molecule has 0 bridgehead atoms. The van der Waals surface area contributed by atoms with E-state index in [9.17, 15) is 23.5 Å². The summed E-state index contributed by atoms with van der Waals surface area (Å²) in [6, 6.07) is 12.1. The van der Waals surface area contributed by atoms with E-state index in [0.29, 0.717) is 24.2 Å². The van der Waals surface area contributed by atoms with Crippen LogP contribution in [0.15, 0.2) is 42.5 Å². The summed E-state index contributed by atoms with van der Waals surface area (Å²) in [5.41, 5.74) is 1.40. The Morgan fingerprint density at radius 1 is 1.07 bits per heavy atom. The number of ether oxygens (including phenoxy) is 1. The minimum atomic E-state index is -4.75. The molecule has 1 aliphatic rings. The maximum absolute atomic E-state index is 12.4. The van der Waals surface area contributed by atoms with E-state index in [1.807, 2.05) is 6.07 Å². The Hall–Kier alpha value is -2.18. The first-order valence-corrected chi connectivity index (χ1v) is 8.41. The van der Waals surface area contributed by atoms with Crippen LogP contribution in [-0.2, 0) is 0 Å². The second-order valence-electron chi connectivity index (χ2n) is 6.16. The first-order valence-electron chi connectivity index (χ1n) is 8.41. The number of phenols is 1. The van der Waals surface area contributed by atoms with E-state index in [2.05, 4.69) is 15.0 Å². The molecule has 1 fully saturated rings. The van der Waals surface area contributed by atoms with Gasteiger partial charge in [-0.2, -0.15) is 5.26 Å². The van der Waals surface area contributed by atoms with Gasteiger partial charge in [-0.25, -0.2) is 0 Å². The van der Waals surface area contributed by atoms with Crippen molar-refractivity contribution in [3.05, 3.63) is 59.2 Å². The molecule has 0 aliphatic carbocycles. The fourth-order valence-electron chi connectivity index (χ4n) is 3.25. The predicted octanol–water partition coefficient (Wildman–Crippen LogP) is 4.00. The average molecular weight is 450 g/mol. The molecular weight excluding hydrogens is 430 g/mol. The normalized spacial score (nSPS) is 15.4. The number of nitriles is 1. The zero-order valence-electron chi connectivity index (χ0n) is 15.1. The van der Waals surface area contributed by atoms with Gasteiger partial charge in [-0.1, -0.05) is 24.3 Å². The van der Waals surface area contributed by atoms with E-state index in [-0.39, 0.29) is 47.9 Å². The van der Waals surface area contributed by atoms with Crippen LogP contribution in [0.1, 0.15) is 22.7 Å². The van der Waals surface area contributed by atoms with Crippen LogP contribution in [0.3, 0.4) is 0 Å². The lowest BCUT2D eigenvalue weighted by atomic mass is 9.94. The van der Waals surface area contributed by atoms with E-state index < -0.39 is 6.36 Å². The largest absolute Gasteiger partial charge is 0.573 e. The van der Waals surface area contributed by atoms with Crippen LogP contribution >= 0.6 is 24.8 Å². The summed E-state index contributed by atoms with van der Waals surface area (Å²) >= 11 is 0. The number of rotatable bonds is 4. The van der Waals surface area contributed by atoms with Gasteiger partial charge in [0.05, 0.1) is 11.6 Å². The molecule has 29 heavy (non-hydrogen) atoms. The highest BCUT2D eigenvalue weighted by atomic mass is 35.5. The predicted molar refractivity (Wildman–Crippen MR) is 107 cm³/mol. The molecule has 1 heterocycles. The van der Waals surface area contributed by atoms with Gasteiger partial charge >= 0.3 is 6.36 Å². The van der Waals surface area contributed by atoms with Gasteiger partial charge in [0.1, 0.15) is 17.6 Å². The number of aromatic hydroxyl groups is 1. The summed E-state index contributed by atoms with van der Waals surface area (Å²) in [7, 11) is 0. The number of hydrogen-bond donors (Lipinski definition) is 2. The molecule has 0 aromatic heterocycles. The van der Waals surface area contributed by atoms with Gasteiger partial charge in [-0.3, -0.25) is 4.90 Å². The van der Waals surface area contributed by atoms with Crippen LogP contribution < -0.4 is 10.1 Å². The number of benzene rings is 2. The van der Waals surface area contributed by atoms with E-state index in [0.717, 1.165) is 13.1 Å². The number of nitrogens with one attached hydrogen (secondary N) is 1. The topological polar surface area (TPSA) is 68.5 Å². The van der Waals surface area contributed by atoms with Crippen molar-refractivity contribution < 1.29 is 23.0 Å². The van der Waals surface area contributed by atoms with Gasteiger partial charge in [-0.05, 0) is 23.8 Å². The fourth-order valence-corrected chi connectivity index (χ4v) is 3.25. The summed E-state index contributed by atoms with van der Waals surface area (Å²) in [5, 5.41) is 23.0. The Morgan fingerprint density at radius 3 is 2.24 bits per heavy atom. The van der Waals surface area contributed by atoms with E-state index >= 15 is 0 Å². The highest BCUT2D eigenvalue weighted by molar-refractivity contribution is 5.85. The third-order valence-corrected chi connectivity index (χ3v) is 4.43. The molecule has 0 saturated carbocycles. The van der Waals surface area contributed by atoms with Crippen molar-refractivity contribution in [2.24, 2.45) is 0 Å². The maximum atomic E-state index is 12.4. The zero-order valence-corrected chi connectivity index (χ0v) is 16.8. The Morgan fingerprint density at radius 2 is 1.69 bits per heavy atom. The molecule has 0 amide bonds. The lowest BCUT2D eigenvalue weighted by molar-refractivity contribution is -0.274. The number of hydrogen-bond acceptors (Lipinski definition) is 5. The van der Waals surface area contributed by atoms with Gasteiger partial charge < -0.3 is 15.2 Å². The van der Waals surface area contributed by atoms with Crippen molar-refractivity contribution >= 4 is 24.8 Å². The summed E-state index contributed by atoms with van der Waals surface area (Å²) in [6.45, 7) is 2.90. The molecule has 10 heteroatoms. The Bertz CT molecular complexity index is 836. The quantitative estimate of drug-likeness (QED) is 0.737. The average Bonchev–Trinajstić information content (AvgIpc) is 2.64. The lowest BCUT2D eigenvalue weighted by Crippen LogP contribution is -2.45. The molecule has 0 spiro atoms. The second-order valence-corrected chi connectivity index (χ2v) is 6.16. The molecule has 0 radical (unpaired) electrons. The van der Waals surface area contributed by atoms with Crippen molar-refractivity contribution in [1.29, 1.82) is 5.26 Å². The van der Waals surface area contributed by atoms with Crippen LogP contribution in [0.4, 0.5) is 13.2 Å². The molecule has 0 unspecified atom stereocenters. The summed E-state index contributed by atoms with van der Waals surface area (Å²) in [6.07, 6.45) is -4.75. The third kappa shape index (κ3) is 6.15. The van der Waals surface area contributed by atoms with Gasteiger partial charge in [0.25, 0.3) is 0 Å². The van der Waals surface area contributed by atoms with Crippen LogP contribution in [0, 0.1) is 11.3 Å². The Kier molecular flexibility index (Phi) is 9.05. The summed E-state index contributed by atoms with van der Waals surface area (Å²) < 4.78 is 41.1. The summed E-state index contributed by atoms with van der Waals surface area (Å²) in [5.74, 6) is -0.417. The number of piperazine rings is 1. The molecule has 1 saturated heterocycles. The smallest absolute Gasteiger partial charge is 0.506 e. The minimum Gasteiger partial charge on any atom is -0.506 e. The lowest BCUT2D eigenvalue weighted by Gasteiger charge is -2.36. The molecular formula is C19H20Cl2F3N3O2. The first-order chi connectivity index (χ1) is 12.9. The number of para-hydroxylation sites is 1. The third-order valence-electron chi connectivity index (χ3n) is 4.43. The monoisotopic (exact) mass is 449 g/mol. The van der Waals surface area contributed by atoms with Gasteiger partial charge in [0.2, 0.25) is 0 Å². The molecule has 2 aromatic rings. The van der Waals surface area contributed by atoms with Crippen molar-refractivity contribution in [3.63, 3.8) is 0 Å². The zero-order chi connectivity index (χ0) is 19.4. The molecule has 1 aliphatic heterocycles. The minimum absolute atomic E-state index is 0. The van der Waals surface area contributed by atoms with Crippen molar-refractivity contribution in [3.8, 4) is 17.6 Å². The Labute approximate surface area is 178 Å². The standard InChI is InChI=1S/C19H18F3N3O2.2ClH/c20-19(21,22)27-15-6-4-13(5-7-15)17(25-10-8-24-9-11-25)16-3-1-2-14(12-23)18(16)26;;/h1-7,17,24,26H,8-11H2;2*1H/t17-;;/m0../s1. The highest BCUT2D eigenvalue weighted by Gasteiger charge is 2.31. The van der Waals surface area contributed by atoms with Gasteiger partial charge in [-0.15, -0.1) is 38.0 Å². The fraction of sp³-hybridized carbons (Fsp3) is 0.316. The molecule has 1 atom stereocenters. The number of halogens is 5. The summed E-state index contributed by atoms with van der Waals surface area (Å²) in [4.78, 5) is 2.12. The van der Waals surface area contributed by atoms with E-state index in [4.69, 9.17) is 0 Å². The Balaban J connectivity index is 0.00000210. The second kappa shape index (κ2) is 10.6. The van der Waals surface area contributed by atoms with E-state index in [1.165, 1.54) is 18.2 Å². The first kappa shape index (κ1) is 24.9. The molecule has 5 nitrogen and oxygen atoms in total. The van der Waals surface area contributed by atoms with Crippen molar-refractivity contribution in [2.75, 3.05) is 26.2 Å². The number of phenolic OH excluding ortho intramolecular Hbond substituents is 1. The van der Waals surface area contributed by atoms with Crippen LogP contribution in [0.5, 0.6) is 11.5 Å². The van der Waals surface area contributed by atoms with E-state index in [1.54, 1.807) is 24.3 Å². The SMILES string of the molecule is Cl.Cl.N#Cc1cccc([C@H](c2ccc(OC(F)(F)F)cc2)N2CCNCC2)c1O. The highest BCUT2D eigenvalue weighted by Crippen LogP contribution is 2.37. The van der Waals surface area contributed by atoms with Crippen LogP contribution in [-0.4, -0.2) is 42.5 Å². The van der Waals surface area contributed by atoms with Gasteiger partial charge in [0, 0.05) is 31.7 Å². The van der Waals surface area contributed by atoms with Gasteiger partial charge in [0.15, 0.2) is 0 Å². The van der Waals surface area contributed by atoms with Crippen LogP contribution in [0.2, 0.25) is 0 Å². The van der Waals surface area contributed by atoms with Crippen molar-refractivity contribution in [1.82, 2.24) is 10.2 Å². The number of nitrogens with zero attached hydrogens (tertiary/aromatic N) is 2. The number of alkyl halides is 3. The molecule has 3 rings (SSSR count).